The van der Waals surface area contributed by atoms with Gasteiger partial charge in [-0.1, -0.05) is 0 Å². The number of aromatic amines is 1. The first-order valence-corrected chi connectivity index (χ1v) is 7.86. The molecule has 2 aromatic rings. The van der Waals surface area contributed by atoms with Crippen molar-refractivity contribution in [2.45, 2.75) is 13.8 Å². The molecular formula is C16H22FN7. The Morgan fingerprint density at radius 2 is 1.88 bits per heavy atom. The maximum Gasteiger partial charge on any atom is 0.153 e. The topological polar surface area (TPSA) is 99.6 Å². The smallest absolute Gasteiger partial charge is 0.153 e. The third kappa shape index (κ3) is 2.86. The number of H-pyrrole nitrogens is 1. The summed E-state index contributed by atoms with van der Waals surface area (Å²) in [6.45, 7) is 7.43. The minimum Gasteiger partial charge on any atom is -0.382 e. The minimum atomic E-state index is -0.422. The average Bonchev–Trinajstić information content (AvgIpc) is 2.93. The van der Waals surface area contributed by atoms with Gasteiger partial charge in [-0.25, -0.2) is 4.39 Å². The Hall–Kier alpha value is -2.77. The number of hydrogen-bond donors (Lipinski definition) is 3. The third-order valence-electron chi connectivity index (χ3n) is 4.42. The fourth-order valence-electron chi connectivity index (χ4n) is 3.18. The highest BCUT2D eigenvalue weighted by Crippen LogP contribution is 2.26. The summed E-state index contributed by atoms with van der Waals surface area (Å²) in [4.78, 5) is 4.53. The maximum atomic E-state index is 13.9. The summed E-state index contributed by atoms with van der Waals surface area (Å²) in [6.07, 6.45) is 0. The number of nitrogens with zero attached hydrogens (tertiary/aromatic N) is 4. The Balaban J connectivity index is 1.76. The van der Waals surface area contributed by atoms with Gasteiger partial charge in [0.1, 0.15) is 5.82 Å². The number of rotatable bonds is 3. The molecule has 0 radical (unpaired) electrons. The molecule has 3 rings (SSSR count). The average molecular weight is 331 g/mol. The second-order valence-corrected chi connectivity index (χ2v) is 5.94. The number of amidine groups is 1. The number of nitrogens with one attached hydrogen (secondary N) is 1. The first-order valence-electron chi connectivity index (χ1n) is 7.86. The lowest BCUT2D eigenvalue weighted by Crippen LogP contribution is -2.47. The van der Waals surface area contributed by atoms with E-state index in [2.05, 4.69) is 25.1 Å². The summed E-state index contributed by atoms with van der Waals surface area (Å²) in [5.74, 6) is 4.74. The molecular weight excluding hydrogens is 309 g/mol. The lowest BCUT2D eigenvalue weighted by molar-refractivity contribution is 0.621. The zero-order valence-corrected chi connectivity index (χ0v) is 13.9. The van der Waals surface area contributed by atoms with Gasteiger partial charge in [0.2, 0.25) is 0 Å². The number of aromatic nitrogens is 2. The van der Waals surface area contributed by atoms with Crippen LogP contribution in [0.15, 0.2) is 23.3 Å². The highest BCUT2D eigenvalue weighted by molar-refractivity contribution is 5.98. The molecule has 5 N–H and O–H groups in total. The summed E-state index contributed by atoms with van der Waals surface area (Å²) in [6, 6.07) is 4.86. The fraction of sp³-hybridized carbons (Fsp3) is 0.375. The van der Waals surface area contributed by atoms with Gasteiger partial charge in [-0.3, -0.25) is 5.10 Å². The molecule has 2 heterocycles. The molecule has 0 amide bonds. The van der Waals surface area contributed by atoms with Crippen molar-refractivity contribution in [3.63, 3.8) is 0 Å². The van der Waals surface area contributed by atoms with Gasteiger partial charge in [0.05, 0.1) is 22.6 Å². The van der Waals surface area contributed by atoms with Gasteiger partial charge in [0.15, 0.2) is 5.84 Å². The molecule has 1 saturated heterocycles. The summed E-state index contributed by atoms with van der Waals surface area (Å²) >= 11 is 0. The van der Waals surface area contributed by atoms with Crippen LogP contribution in [0.5, 0.6) is 0 Å². The van der Waals surface area contributed by atoms with Gasteiger partial charge in [-0.15, -0.1) is 0 Å². The predicted octanol–water partition coefficient (Wildman–Crippen LogP) is 1.07. The number of nitrogens with two attached hydrogens (primary N) is 2. The highest BCUT2D eigenvalue weighted by atomic mass is 19.1. The van der Waals surface area contributed by atoms with Gasteiger partial charge < -0.3 is 21.4 Å². The quantitative estimate of drug-likeness (QED) is 0.338. The Morgan fingerprint density at radius 1 is 1.21 bits per heavy atom. The van der Waals surface area contributed by atoms with Crippen molar-refractivity contribution in [1.82, 2.24) is 10.2 Å². The molecule has 0 atom stereocenters. The van der Waals surface area contributed by atoms with Crippen molar-refractivity contribution in [2.75, 3.05) is 36.0 Å². The van der Waals surface area contributed by atoms with Crippen LogP contribution in [0.3, 0.4) is 0 Å². The Morgan fingerprint density at radius 3 is 2.46 bits per heavy atom. The first-order chi connectivity index (χ1) is 11.5. The zero-order valence-electron chi connectivity index (χ0n) is 13.9. The molecule has 0 bridgehead atoms. The minimum absolute atomic E-state index is 0.00219. The molecule has 128 valence electrons. The van der Waals surface area contributed by atoms with Gasteiger partial charge in [-0.2, -0.15) is 10.2 Å². The molecule has 0 saturated carbocycles. The molecule has 7 nitrogen and oxygen atoms in total. The van der Waals surface area contributed by atoms with Crippen LogP contribution in [0.1, 0.15) is 17.0 Å². The Bertz CT molecular complexity index is 740. The van der Waals surface area contributed by atoms with E-state index in [-0.39, 0.29) is 11.4 Å². The molecule has 24 heavy (non-hydrogen) atoms. The number of anilines is 2. The normalized spacial score (nSPS) is 15.9. The van der Waals surface area contributed by atoms with E-state index < -0.39 is 5.82 Å². The molecule has 8 heteroatoms. The van der Waals surface area contributed by atoms with Crippen LogP contribution < -0.4 is 21.4 Å². The number of hydrazone groups is 1. The van der Waals surface area contributed by atoms with Crippen molar-refractivity contribution < 1.29 is 4.39 Å². The van der Waals surface area contributed by atoms with Crippen LogP contribution in [0.2, 0.25) is 0 Å². The van der Waals surface area contributed by atoms with Crippen molar-refractivity contribution >= 4 is 17.2 Å². The number of halogens is 1. The second kappa shape index (κ2) is 6.38. The molecule has 0 spiro atoms. The molecule has 1 aromatic heterocycles. The van der Waals surface area contributed by atoms with Gasteiger partial charge in [-0.05, 0) is 32.0 Å². The maximum absolute atomic E-state index is 13.9. The zero-order chi connectivity index (χ0) is 17.3. The third-order valence-corrected chi connectivity index (χ3v) is 4.42. The lowest BCUT2D eigenvalue weighted by atomic mass is 10.1. The molecule has 0 aliphatic carbocycles. The number of piperazine rings is 1. The van der Waals surface area contributed by atoms with Gasteiger partial charge in [0, 0.05) is 31.9 Å². The number of aryl methyl sites for hydroxylation is 2. The first kappa shape index (κ1) is 16.1. The highest BCUT2D eigenvalue weighted by Gasteiger charge is 2.22. The van der Waals surface area contributed by atoms with E-state index in [0.29, 0.717) is 0 Å². The summed E-state index contributed by atoms with van der Waals surface area (Å²) in [7, 11) is 0. The van der Waals surface area contributed by atoms with Crippen LogP contribution in [-0.2, 0) is 0 Å². The van der Waals surface area contributed by atoms with Gasteiger partial charge in [0.25, 0.3) is 0 Å². The standard InChI is InChI=1S/C16H22FN7/c1-10-15(11(2)22-21-10)24-7-5-23(6-8-24)12-3-4-14(17)13(9-12)16(18)20-19/h3-4,9H,5-8,19H2,1-2H3,(H2,18,20)(H,21,22). The molecule has 1 fully saturated rings. The monoisotopic (exact) mass is 331 g/mol. The van der Waals surface area contributed by atoms with E-state index in [9.17, 15) is 4.39 Å². The second-order valence-electron chi connectivity index (χ2n) is 5.94. The van der Waals surface area contributed by atoms with E-state index in [0.717, 1.165) is 43.3 Å². The van der Waals surface area contributed by atoms with Crippen molar-refractivity contribution in [3.8, 4) is 0 Å². The Labute approximate surface area is 140 Å². The van der Waals surface area contributed by atoms with E-state index in [1.165, 1.54) is 11.8 Å². The molecule has 1 aliphatic heterocycles. The molecule has 1 aromatic carbocycles. The number of benzene rings is 1. The Kier molecular flexibility index (Phi) is 4.28. The SMILES string of the molecule is Cc1n[nH]c(C)c1N1CCN(c2ccc(F)c(/C(N)=N/N)c2)CC1. The van der Waals surface area contributed by atoms with E-state index >= 15 is 0 Å². The molecule has 1 aliphatic rings. The summed E-state index contributed by atoms with van der Waals surface area (Å²) in [5.41, 5.74) is 10.1. The molecule has 0 unspecified atom stereocenters. The van der Waals surface area contributed by atoms with Crippen LogP contribution >= 0.6 is 0 Å². The lowest BCUT2D eigenvalue weighted by Gasteiger charge is -2.37. The van der Waals surface area contributed by atoms with Crippen LogP contribution in [0.4, 0.5) is 15.8 Å². The fourth-order valence-corrected chi connectivity index (χ4v) is 3.18. The van der Waals surface area contributed by atoms with E-state index in [1.54, 1.807) is 12.1 Å². The largest absolute Gasteiger partial charge is 0.382 e. The van der Waals surface area contributed by atoms with E-state index in [1.807, 2.05) is 13.8 Å². The van der Waals surface area contributed by atoms with Crippen molar-refractivity contribution in [3.05, 3.63) is 41.0 Å². The van der Waals surface area contributed by atoms with Crippen molar-refractivity contribution in [1.29, 1.82) is 0 Å². The number of hydrogen-bond acceptors (Lipinski definition) is 5. The van der Waals surface area contributed by atoms with Crippen LogP contribution in [-0.4, -0.2) is 42.2 Å². The van der Waals surface area contributed by atoms with Crippen LogP contribution in [0.25, 0.3) is 0 Å². The van der Waals surface area contributed by atoms with Crippen molar-refractivity contribution in [2.24, 2.45) is 16.7 Å². The summed E-state index contributed by atoms with van der Waals surface area (Å²) < 4.78 is 13.9. The van der Waals surface area contributed by atoms with Crippen LogP contribution in [0, 0.1) is 19.7 Å². The summed E-state index contributed by atoms with van der Waals surface area (Å²) in [5, 5.41) is 10.7. The van der Waals surface area contributed by atoms with Gasteiger partial charge >= 0.3 is 0 Å². The van der Waals surface area contributed by atoms with E-state index in [4.69, 9.17) is 11.6 Å². The predicted molar refractivity (Wildman–Crippen MR) is 93.8 cm³/mol.